The Morgan fingerprint density at radius 2 is 1.80 bits per heavy atom. The van der Waals surface area contributed by atoms with E-state index in [1.54, 1.807) is 6.08 Å². The molecule has 2 aliphatic carbocycles. The van der Waals surface area contributed by atoms with E-state index in [9.17, 15) is 9.59 Å². The van der Waals surface area contributed by atoms with Gasteiger partial charge in [0.1, 0.15) is 0 Å². The van der Waals surface area contributed by atoms with Crippen LogP contribution in [0.1, 0.15) is 25.3 Å². The second-order valence-corrected chi connectivity index (χ2v) is 5.93. The lowest BCUT2D eigenvalue weighted by Gasteiger charge is -2.27. The Bertz CT molecular complexity index is 602. The number of methoxy groups -OCH3 is 1. The minimum absolute atomic E-state index is 0.0321. The molecular weight excluding hydrogens is 252 g/mol. The summed E-state index contributed by atoms with van der Waals surface area (Å²) in [4.78, 5) is 25.1. The van der Waals surface area contributed by atoms with Crippen LogP contribution in [0.4, 0.5) is 0 Å². The SMILES string of the molecule is COC1=C[C@]2(C)C(=O)[C@H](C1=O)[C@H](c1ccccc1)[C@H]2C. The molecule has 0 heterocycles. The highest BCUT2D eigenvalue weighted by atomic mass is 16.5. The zero-order chi connectivity index (χ0) is 14.5. The van der Waals surface area contributed by atoms with Crippen molar-refractivity contribution >= 4 is 11.6 Å². The lowest BCUT2D eigenvalue weighted by molar-refractivity contribution is -0.135. The largest absolute Gasteiger partial charge is 0.493 e. The summed E-state index contributed by atoms with van der Waals surface area (Å²) in [5, 5.41) is 0. The van der Waals surface area contributed by atoms with E-state index >= 15 is 0 Å². The number of ketones is 2. The maximum Gasteiger partial charge on any atom is 0.208 e. The second-order valence-electron chi connectivity index (χ2n) is 5.93. The first-order valence-corrected chi connectivity index (χ1v) is 6.91. The molecule has 1 fully saturated rings. The summed E-state index contributed by atoms with van der Waals surface area (Å²) >= 11 is 0. The van der Waals surface area contributed by atoms with E-state index in [0.29, 0.717) is 5.76 Å². The van der Waals surface area contributed by atoms with Gasteiger partial charge in [0.15, 0.2) is 11.5 Å². The molecular formula is C17H18O3. The van der Waals surface area contributed by atoms with Crippen LogP contribution in [-0.2, 0) is 14.3 Å². The molecule has 0 saturated heterocycles. The van der Waals surface area contributed by atoms with Gasteiger partial charge in [0.2, 0.25) is 5.78 Å². The van der Waals surface area contributed by atoms with Gasteiger partial charge in [-0.3, -0.25) is 9.59 Å². The number of rotatable bonds is 2. The van der Waals surface area contributed by atoms with E-state index in [1.165, 1.54) is 7.11 Å². The van der Waals surface area contributed by atoms with Gasteiger partial charge in [0, 0.05) is 5.92 Å². The first-order valence-electron chi connectivity index (χ1n) is 6.91. The first kappa shape index (κ1) is 13.1. The van der Waals surface area contributed by atoms with E-state index in [1.807, 2.05) is 37.3 Å². The van der Waals surface area contributed by atoms with Crippen LogP contribution < -0.4 is 0 Å². The average Bonchev–Trinajstić information content (AvgIpc) is 2.60. The van der Waals surface area contributed by atoms with Gasteiger partial charge in [-0.15, -0.1) is 0 Å². The number of Topliss-reactive ketones (excluding diaryl/α,β-unsaturated/α-hetero) is 2. The van der Waals surface area contributed by atoms with Crippen LogP contribution in [0.3, 0.4) is 0 Å². The van der Waals surface area contributed by atoms with Gasteiger partial charge < -0.3 is 4.74 Å². The van der Waals surface area contributed by atoms with Crippen molar-refractivity contribution in [2.24, 2.45) is 17.3 Å². The van der Waals surface area contributed by atoms with E-state index in [4.69, 9.17) is 4.74 Å². The summed E-state index contributed by atoms with van der Waals surface area (Å²) < 4.78 is 5.19. The van der Waals surface area contributed by atoms with Gasteiger partial charge in [-0.25, -0.2) is 0 Å². The highest BCUT2D eigenvalue weighted by Crippen LogP contribution is 2.56. The highest BCUT2D eigenvalue weighted by molar-refractivity contribution is 6.17. The van der Waals surface area contributed by atoms with E-state index in [0.717, 1.165) is 5.56 Å². The summed E-state index contributed by atoms with van der Waals surface area (Å²) in [5.41, 5.74) is 0.450. The number of hydrogen-bond donors (Lipinski definition) is 0. The maximum absolute atomic E-state index is 12.7. The van der Waals surface area contributed by atoms with Crippen molar-refractivity contribution in [3.05, 3.63) is 47.7 Å². The molecule has 4 atom stereocenters. The quantitative estimate of drug-likeness (QED) is 0.776. The van der Waals surface area contributed by atoms with Gasteiger partial charge in [-0.1, -0.05) is 37.3 Å². The maximum atomic E-state index is 12.7. The highest BCUT2D eigenvalue weighted by Gasteiger charge is 2.61. The Morgan fingerprint density at radius 3 is 2.40 bits per heavy atom. The number of allylic oxidation sites excluding steroid dienone is 2. The number of carbonyl (C=O) groups is 2. The number of fused-ring (bicyclic) bond motifs is 2. The fraction of sp³-hybridized carbons (Fsp3) is 0.412. The molecule has 1 aromatic rings. The van der Waals surface area contributed by atoms with Crippen LogP contribution in [0.15, 0.2) is 42.2 Å². The van der Waals surface area contributed by atoms with Gasteiger partial charge >= 0.3 is 0 Å². The minimum atomic E-state index is -0.607. The molecule has 0 aliphatic heterocycles. The zero-order valence-electron chi connectivity index (χ0n) is 11.9. The molecule has 0 amide bonds. The number of carbonyl (C=O) groups excluding carboxylic acids is 2. The van der Waals surface area contributed by atoms with Crippen LogP contribution in [0.2, 0.25) is 0 Å². The predicted octanol–water partition coefficient (Wildman–Crippen LogP) is 2.72. The molecule has 0 unspecified atom stereocenters. The summed E-state index contributed by atoms with van der Waals surface area (Å²) in [6, 6.07) is 9.84. The fourth-order valence-corrected chi connectivity index (χ4v) is 3.68. The molecule has 1 saturated carbocycles. The van der Waals surface area contributed by atoms with Crippen molar-refractivity contribution in [3.8, 4) is 0 Å². The smallest absolute Gasteiger partial charge is 0.208 e. The van der Waals surface area contributed by atoms with Crippen LogP contribution >= 0.6 is 0 Å². The van der Waals surface area contributed by atoms with Gasteiger partial charge in [-0.2, -0.15) is 0 Å². The molecule has 104 valence electrons. The molecule has 2 bridgehead atoms. The molecule has 1 aromatic carbocycles. The molecule has 3 heteroatoms. The number of benzene rings is 1. The first-order chi connectivity index (χ1) is 9.50. The molecule has 0 aromatic heterocycles. The zero-order valence-corrected chi connectivity index (χ0v) is 11.9. The Kier molecular flexibility index (Phi) is 2.82. The van der Waals surface area contributed by atoms with Crippen molar-refractivity contribution in [2.45, 2.75) is 19.8 Å². The summed E-state index contributed by atoms with van der Waals surface area (Å²) in [6.07, 6.45) is 1.72. The lowest BCUT2D eigenvalue weighted by atomic mass is 9.75. The van der Waals surface area contributed by atoms with Crippen LogP contribution in [-0.4, -0.2) is 18.7 Å². The molecule has 0 N–H and O–H groups in total. The molecule has 0 radical (unpaired) electrons. The molecule has 2 aliphatic rings. The molecule has 20 heavy (non-hydrogen) atoms. The van der Waals surface area contributed by atoms with E-state index in [2.05, 4.69) is 6.92 Å². The minimum Gasteiger partial charge on any atom is -0.493 e. The summed E-state index contributed by atoms with van der Waals surface area (Å²) in [7, 11) is 1.49. The van der Waals surface area contributed by atoms with Crippen LogP contribution in [0.25, 0.3) is 0 Å². The Balaban J connectivity index is 2.15. The molecule has 3 rings (SSSR count). The van der Waals surface area contributed by atoms with Crippen LogP contribution in [0, 0.1) is 17.3 Å². The van der Waals surface area contributed by atoms with Gasteiger partial charge in [0.05, 0.1) is 18.4 Å². The molecule has 3 nitrogen and oxygen atoms in total. The Labute approximate surface area is 118 Å². The van der Waals surface area contributed by atoms with Crippen molar-refractivity contribution < 1.29 is 14.3 Å². The fourth-order valence-electron chi connectivity index (χ4n) is 3.68. The monoisotopic (exact) mass is 270 g/mol. The third-order valence-corrected chi connectivity index (χ3v) is 5.02. The van der Waals surface area contributed by atoms with E-state index < -0.39 is 11.3 Å². The van der Waals surface area contributed by atoms with Crippen LogP contribution in [0.5, 0.6) is 0 Å². The standard InChI is InChI=1S/C17H18O3/c1-10-13(11-7-5-4-6-8-11)14-15(18)12(20-3)9-17(10,2)16(14)19/h4-10,13-14H,1-3H3/t10-,13+,14+,17+/m1/s1. The second kappa shape index (κ2) is 4.30. The average molecular weight is 270 g/mol. The summed E-state index contributed by atoms with van der Waals surface area (Å²) in [6.45, 7) is 3.97. The van der Waals surface area contributed by atoms with Crippen molar-refractivity contribution in [1.29, 1.82) is 0 Å². The van der Waals surface area contributed by atoms with Crippen molar-refractivity contribution in [1.82, 2.24) is 0 Å². The molecule has 0 spiro atoms. The summed E-state index contributed by atoms with van der Waals surface area (Å²) in [5.74, 6) is -0.387. The number of ether oxygens (including phenoxy) is 1. The normalized spacial score (nSPS) is 36.0. The number of hydrogen-bond acceptors (Lipinski definition) is 3. The lowest BCUT2D eigenvalue weighted by Crippen LogP contribution is -2.36. The predicted molar refractivity (Wildman–Crippen MR) is 75.1 cm³/mol. The Morgan fingerprint density at radius 1 is 1.15 bits per heavy atom. The van der Waals surface area contributed by atoms with Crippen molar-refractivity contribution in [2.75, 3.05) is 7.11 Å². The Hall–Kier alpha value is -1.90. The van der Waals surface area contributed by atoms with E-state index in [-0.39, 0.29) is 23.4 Å². The topological polar surface area (TPSA) is 43.4 Å². The van der Waals surface area contributed by atoms with Gasteiger partial charge in [-0.05, 0) is 24.5 Å². The third-order valence-electron chi connectivity index (χ3n) is 5.02. The third kappa shape index (κ3) is 1.52. The van der Waals surface area contributed by atoms with Crippen molar-refractivity contribution in [3.63, 3.8) is 0 Å². The van der Waals surface area contributed by atoms with Gasteiger partial charge in [0.25, 0.3) is 0 Å².